The molecule has 4 rings (SSSR count). The Balaban J connectivity index is 1.83. The second-order valence-electron chi connectivity index (χ2n) is 6.70. The molecule has 0 saturated heterocycles. The van der Waals surface area contributed by atoms with E-state index in [9.17, 15) is 22.0 Å². The zero-order valence-corrected chi connectivity index (χ0v) is 17.7. The number of H-pyrrole nitrogens is 1. The van der Waals surface area contributed by atoms with E-state index in [-0.39, 0.29) is 11.1 Å². The summed E-state index contributed by atoms with van der Waals surface area (Å²) in [5, 5.41) is 5.81. The summed E-state index contributed by atoms with van der Waals surface area (Å²) in [7, 11) is -3.65. The molecule has 3 aromatic heterocycles. The van der Waals surface area contributed by atoms with E-state index in [0.717, 1.165) is 19.2 Å². The van der Waals surface area contributed by atoms with Gasteiger partial charge < -0.3 is 10.5 Å². The predicted molar refractivity (Wildman–Crippen MR) is 109 cm³/mol. The quantitative estimate of drug-likeness (QED) is 0.347. The number of nitrogens with one attached hydrogen (secondary N) is 2. The molecule has 0 aliphatic rings. The Hall–Kier alpha value is -4.27. The van der Waals surface area contributed by atoms with Crippen LogP contribution in [0.25, 0.3) is 22.0 Å². The Labute approximate surface area is 187 Å². The van der Waals surface area contributed by atoms with Gasteiger partial charge in [0.1, 0.15) is 17.0 Å². The Bertz CT molecular complexity index is 1580. The number of amides is 1. The van der Waals surface area contributed by atoms with Gasteiger partial charge in [-0.1, -0.05) is 6.07 Å². The molecule has 0 saturated carbocycles. The zero-order chi connectivity index (χ0) is 24.8. The number of nitrogens with zero attached hydrogens (tertiary/aromatic N) is 3. The SMILES string of the molecule is COc1ncc(F)cc1S(=O)(=O)Nc1ncc(F)c(-c2ccc3c(C(N)=O)[nH]nc3c2F)c1F. The van der Waals surface area contributed by atoms with Gasteiger partial charge in [-0.2, -0.15) is 5.10 Å². The smallest absolute Gasteiger partial charge is 0.268 e. The van der Waals surface area contributed by atoms with E-state index in [2.05, 4.69) is 20.2 Å². The van der Waals surface area contributed by atoms with Gasteiger partial charge in [-0.15, -0.1) is 0 Å². The number of methoxy groups -OCH3 is 1. The van der Waals surface area contributed by atoms with Crippen molar-refractivity contribution in [3.05, 3.63) is 59.6 Å². The molecule has 176 valence electrons. The molecular weight excluding hydrogens is 484 g/mol. The lowest BCUT2D eigenvalue weighted by molar-refractivity contribution is 0.0997. The van der Waals surface area contributed by atoms with Crippen LogP contribution in [0.2, 0.25) is 0 Å². The second kappa shape index (κ2) is 8.26. The number of halogens is 4. The second-order valence-corrected chi connectivity index (χ2v) is 8.35. The number of carbonyl (C=O) groups excluding carboxylic acids is 1. The van der Waals surface area contributed by atoms with Crippen molar-refractivity contribution in [2.24, 2.45) is 5.73 Å². The summed E-state index contributed by atoms with van der Waals surface area (Å²) < 4.78 is 90.3. The van der Waals surface area contributed by atoms with Crippen LogP contribution >= 0.6 is 0 Å². The molecule has 0 aliphatic heterocycles. The van der Waals surface area contributed by atoms with E-state index in [0.29, 0.717) is 18.5 Å². The number of pyridine rings is 2. The van der Waals surface area contributed by atoms with Crippen molar-refractivity contribution in [2.75, 3.05) is 11.8 Å². The number of fused-ring (bicyclic) bond motifs is 1. The maximum Gasteiger partial charge on any atom is 0.268 e. The van der Waals surface area contributed by atoms with E-state index in [1.165, 1.54) is 0 Å². The summed E-state index contributed by atoms with van der Waals surface area (Å²) in [4.78, 5) is 17.5. The van der Waals surface area contributed by atoms with Crippen molar-refractivity contribution in [3.8, 4) is 17.0 Å². The molecule has 4 aromatic rings. The predicted octanol–water partition coefficient (Wildman–Crippen LogP) is 2.48. The maximum absolute atomic E-state index is 15.2. The highest BCUT2D eigenvalue weighted by Gasteiger charge is 2.28. The van der Waals surface area contributed by atoms with Gasteiger partial charge in [0.05, 0.1) is 25.1 Å². The van der Waals surface area contributed by atoms with E-state index in [1.807, 2.05) is 0 Å². The van der Waals surface area contributed by atoms with Crippen molar-refractivity contribution in [1.29, 1.82) is 0 Å². The molecule has 0 fully saturated rings. The first-order valence-corrected chi connectivity index (χ1v) is 10.6. The molecule has 0 atom stereocenters. The molecule has 15 heteroatoms. The van der Waals surface area contributed by atoms with Gasteiger partial charge in [0.2, 0.25) is 5.88 Å². The molecule has 0 radical (unpaired) electrons. The number of sulfonamides is 1. The molecule has 3 heterocycles. The number of hydrogen-bond acceptors (Lipinski definition) is 7. The molecule has 0 aliphatic carbocycles. The molecule has 0 bridgehead atoms. The van der Waals surface area contributed by atoms with Crippen LogP contribution in [-0.4, -0.2) is 41.6 Å². The standard InChI is InChI=1S/C19H12F4N6O4S/c1-33-19-11(4-7(20)5-26-19)34(31,32)29-18-14(23)12(10(21)6-25-18)8-2-3-9-15(13(8)22)27-28-16(9)17(24)30/h2-6H,1H3,(H2,24,30)(H,25,29)(H,27,28). The Kier molecular flexibility index (Phi) is 5.56. The summed E-state index contributed by atoms with van der Waals surface area (Å²) in [5.74, 6) is -7.59. The number of hydrogen-bond donors (Lipinski definition) is 3. The molecule has 34 heavy (non-hydrogen) atoms. The van der Waals surface area contributed by atoms with Crippen LogP contribution in [0.15, 0.2) is 35.5 Å². The monoisotopic (exact) mass is 496 g/mol. The summed E-state index contributed by atoms with van der Waals surface area (Å²) in [5.41, 5.74) is 2.90. The number of carbonyl (C=O) groups is 1. The van der Waals surface area contributed by atoms with E-state index in [4.69, 9.17) is 10.5 Å². The first-order chi connectivity index (χ1) is 16.0. The molecular formula is C19H12F4N6O4S. The van der Waals surface area contributed by atoms with Crippen molar-refractivity contribution in [1.82, 2.24) is 20.2 Å². The average molecular weight is 496 g/mol. The molecule has 0 spiro atoms. The normalized spacial score (nSPS) is 11.6. The number of anilines is 1. The Morgan fingerprint density at radius 3 is 2.53 bits per heavy atom. The van der Waals surface area contributed by atoms with Crippen LogP contribution in [0.5, 0.6) is 5.88 Å². The first kappa shape index (κ1) is 22.9. The van der Waals surface area contributed by atoms with Gasteiger partial charge in [-0.25, -0.2) is 35.9 Å². The van der Waals surface area contributed by atoms with Crippen LogP contribution in [0.4, 0.5) is 23.4 Å². The summed E-state index contributed by atoms with van der Waals surface area (Å²) >= 11 is 0. The maximum atomic E-state index is 15.2. The fourth-order valence-corrected chi connectivity index (χ4v) is 4.29. The molecule has 1 amide bonds. The van der Waals surface area contributed by atoms with E-state index in [1.54, 1.807) is 4.72 Å². The molecule has 0 unspecified atom stereocenters. The highest BCUT2D eigenvalue weighted by atomic mass is 32.2. The Morgan fingerprint density at radius 1 is 1.12 bits per heavy atom. The van der Waals surface area contributed by atoms with Crippen molar-refractivity contribution in [2.45, 2.75) is 4.90 Å². The van der Waals surface area contributed by atoms with E-state index >= 15 is 8.78 Å². The van der Waals surface area contributed by atoms with Crippen LogP contribution in [-0.2, 0) is 10.0 Å². The van der Waals surface area contributed by atoms with Gasteiger partial charge in [0.15, 0.2) is 28.2 Å². The van der Waals surface area contributed by atoms with E-state index < -0.39 is 72.4 Å². The lowest BCUT2D eigenvalue weighted by Crippen LogP contribution is -2.17. The van der Waals surface area contributed by atoms with Gasteiger partial charge >= 0.3 is 0 Å². The minimum Gasteiger partial charge on any atom is -0.480 e. The number of nitrogens with two attached hydrogens (primary N) is 1. The number of aromatic amines is 1. The van der Waals surface area contributed by atoms with Gasteiger partial charge in [0, 0.05) is 17.0 Å². The lowest BCUT2D eigenvalue weighted by atomic mass is 10.0. The van der Waals surface area contributed by atoms with Crippen LogP contribution in [0.3, 0.4) is 0 Å². The third-order valence-corrected chi connectivity index (χ3v) is 5.99. The van der Waals surface area contributed by atoms with Gasteiger partial charge in [0.25, 0.3) is 15.9 Å². The minimum atomic E-state index is -4.73. The number of ether oxygens (including phenoxy) is 1. The number of benzene rings is 1. The molecule has 10 nitrogen and oxygen atoms in total. The first-order valence-electron chi connectivity index (χ1n) is 9.08. The lowest BCUT2D eigenvalue weighted by Gasteiger charge is -2.13. The zero-order valence-electron chi connectivity index (χ0n) is 16.9. The van der Waals surface area contributed by atoms with Crippen molar-refractivity contribution < 1.29 is 35.5 Å². The van der Waals surface area contributed by atoms with Gasteiger partial charge in [-0.3, -0.25) is 14.6 Å². The number of aromatic nitrogens is 4. The number of primary amides is 1. The van der Waals surface area contributed by atoms with Crippen LogP contribution in [0.1, 0.15) is 10.5 Å². The number of rotatable bonds is 6. The summed E-state index contributed by atoms with van der Waals surface area (Å²) in [6.07, 6.45) is 1.16. The average Bonchev–Trinajstić information content (AvgIpc) is 3.22. The largest absolute Gasteiger partial charge is 0.480 e. The fourth-order valence-electron chi connectivity index (χ4n) is 3.15. The van der Waals surface area contributed by atoms with Crippen molar-refractivity contribution in [3.63, 3.8) is 0 Å². The topological polar surface area (TPSA) is 153 Å². The molecule has 4 N–H and O–H groups in total. The summed E-state index contributed by atoms with van der Waals surface area (Å²) in [6, 6.07) is 2.68. The third-order valence-electron chi connectivity index (χ3n) is 4.65. The highest BCUT2D eigenvalue weighted by Crippen LogP contribution is 2.35. The minimum absolute atomic E-state index is 0.0322. The van der Waals surface area contributed by atoms with Crippen LogP contribution in [0, 0.1) is 23.3 Å². The molecule has 1 aromatic carbocycles. The Morgan fingerprint density at radius 2 is 1.85 bits per heavy atom. The van der Waals surface area contributed by atoms with Gasteiger partial charge in [-0.05, 0) is 6.07 Å². The third kappa shape index (κ3) is 3.75. The summed E-state index contributed by atoms with van der Waals surface area (Å²) in [6.45, 7) is 0. The highest BCUT2D eigenvalue weighted by molar-refractivity contribution is 7.92. The van der Waals surface area contributed by atoms with Crippen LogP contribution < -0.4 is 15.2 Å². The fraction of sp³-hybridized carbons (Fsp3) is 0.0526. The van der Waals surface area contributed by atoms with Crippen molar-refractivity contribution >= 4 is 32.7 Å².